The van der Waals surface area contributed by atoms with Crippen LogP contribution in [0.3, 0.4) is 0 Å². The molecule has 2 saturated carbocycles. The van der Waals surface area contributed by atoms with Crippen molar-refractivity contribution in [3.05, 3.63) is 41.5 Å². The van der Waals surface area contributed by atoms with Gasteiger partial charge in [0.2, 0.25) is 21.8 Å². The van der Waals surface area contributed by atoms with Gasteiger partial charge in [-0.25, -0.2) is 23.0 Å². The lowest BCUT2D eigenvalue weighted by Crippen LogP contribution is -2.52. The largest absolute Gasteiger partial charge is 0.444 e. The van der Waals surface area contributed by atoms with Gasteiger partial charge in [-0.3, -0.25) is 24.0 Å². The van der Waals surface area contributed by atoms with Crippen LogP contribution < -0.4 is 15.4 Å². The Morgan fingerprint density at radius 3 is 2.44 bits per heavy atom. The van der Waals surface area contributed by atoms with E-state index in [9.17, 15) is 32.4 Å². The molecule has 1 unspecified atom stereocenters. The van der Waals surface area contributed by atoms with Crippen molar-refractivity contribution in [3.8, 4) is 0 Å². The van der Waals surface area contributed by atoms with E-state index in [0.29, 0.717) is 38.8 Å². The van der Waals surface area contributed by atoms with E-state index in [-0.39, 0.29) is 37.3 Å². The van der Waals surface area contributed by atoms with Crippen LogP contribution in [-0.4, -0.2) is 96.5 Å². The van der Waals surface area contributed by atoms with Crippen LogP contribution in [0, 0.1) is 11.8 Å². The van der Waals surface area contributed by atoms with Crippen molar-refractivity contribution in [1.29, 1.82) is 0 Å². The molecule has 0 spiro atoms. The summed E-state index contributed by atoms with van der Waals surface area (Å²) in [6, 6.07) is 4.22. The molecule has 0 bridgehead atoms. The third kappa shape index (κ3) is 11.8. The van der Waals surface area contributed by atoms with Gasteiger partial charge in [0.05, 0.1) is 11.8 Å². The number of hydrogen-bond donors (Lipinski definition) is 3. The van der Waals surface area contributed by atoms with Gasteiger partial charge in [-0.05, 0) is 109 Å². The van der Waals surface area contributed by atoms with Crippen LogP contribution in [0.15, 0.2) is 35.3 Å². The second-order valence-corrected chi connectivity index (χ2v) is 18.3. The van der Waals surface area contributed by atoms with E-state index in [1.165, 1.54) is 4.90 Å². The number of carbonyl (C=O) groups excluding carboxylic acids is 5. The topological polar surface area (TPSA) is 193 Å². The highest BCUT2D eigenvalue weighted by atomic mass is 32.2. The Bertz CT molecular complexity index is 1770. The van der Waals surface area contributed by atoms with E-state index in [2.05, 4.69) is 40.9 Å². The summed E-state index contributed by atoms with van der Waals surface area (Å²) in [7, 11) is -3.55. The first-order chi connectivity index (χ1) is 25.9. The molecule has 5 rings (SSSR count). The van der Waals surface area contributed by atoms with E-state index in [0.717, 1.165) is 36.1 Å². The molecule has 1 saturated heterocycles. The highest BCUT2D eigenvalue weighted by Crippen LogP contribution is 2.40. The first-order valence-electron chi connectivity index (χ1n) is 19.3. The van der Waals surface area contributed by atoms with Crippen LogP contribution in [-0.2, 0) is 47.0 Å². The van der Waals surface area contributed by atoms with Crippen molar-refractivity contribution in [3.63, 3.8) is 0 Å². The Kier molecular flexibility index (Phi) is 13.3. The molecule has 5 atom stereocenters. The molecule has 55 heavy (non-hydrogen) atoms. The van der Waals surface area contributed by atoms with Gasteiger partial charge in [-0.2, -0.15) is 0 Å². The van der Waals surface area contributed by atoms with Crippen molar-refractivity contribution in [1.82, 2.24) is 19.8 Å². The normalized spacial score (nSPS) is 22.6. The summed E-state index contributed by atoms with van der Waals surface area (Å²) in [5.74, 6) is -1.88. The summed E-state index contributed by atoms with van der Waals surface area (Å²) in [6.07, 6.45) is 6.77. The third-order valence-corrected chi connectivity index (χ3v) is 11.8. The van der Waals surface area contributed by atoms with Crippen LogP contribution in [0.25, 0.3) is 0 Å². The van der Waals surface area contributed by atoms with E-state index in [4.69, 9.17) is 9.47 Å². The molecule has 3 N–H and O–H groups in total. The number of sulfonamides is 1. The van der Waals surface area contributed by atoms with Gasteiger partial charge in [-0.1, -0.05) is 31.1 Å². The molecule has 4 aliphatic rings. The SMILES string of the molecule is C=NC(=O)C1C[C@@H](OC(=O)N2Cc3ccc(NC(C)C)cc3C2)CN1C(=O)[C@H](CCCCC/C=C\[C@@H]1C[C@@H]1C(=O)NS(=O)(=O)C1CC1)NC(=O)OC(C)(C)C. The average molecular weight is 785 g/mol. The van der Waals surface area contributed by atoms with Gasteiger partial charge in [0, 0.05) is 37.2 Å². The number of benzene rings is 1. The number of nitrogens with one attached hydrogen (secondary N) is 3. The zero-order valence-electron chi connectivity index (χ0n) is 32.5. The summed E-state index contributed by atoms with van der Waals surface area (Å²) in [5, 5.41) is 5.62. The molecular weight excluding hydrogens is 729 g/mol. The van der Waals surface area contributed by atoms with Crippen molar-refractivity contribution in [2.75, 3.05) is 11.9 Å². The van der Waals surface area contributed by atoms with E-state index >= 15 is 0 Å². The minimum absolute atomic E-state index is 0.0191. The highest BCUT2D eigenvalue weighted by Gasteiger charge is 2.46. The van der Waals surface area contributed by atoms with Crippen LogP contribution in [0.2, 0.25) is 0 Å². The predicted octanol–water partition coefficient (Wildman–Crippen LogP) is 4.80. The number of rotatable bonds is 16. The molecule has 1 aromatic carbocycles. The maximum atomic E-state index is 14.1. The molecule has 16 heteroatoms. The first kappa shape index (κ1) is 41.7. The van der Waals surface area contributed by atoms with Gasteiger partial charge < -0.3 is 25.0 Å². The van der Waals surface area contributed by atoms with E-state index in [1.54, 1.807) is 25.7 Å². The van der Waals surface area contributed by atoms with Gasteiger partial charge in [-0.15, -0.1) is 0 Å². The standard InChI is InChI=1S/C39H56N6O9S/c1-24(2)41-28-15-14-26-21-44(22-27(26)18-28)38(50)53-29-20-33(35(47)40-6)45(23-29)36(48)32(42-37(49)54-39(3,4)5)13-11-9-7-8-10-12-25-19-31(25)34(46)43-55(51,52)30-16-17-30/h10,12,14-15,18,24-25,29-33,41H,6-9,11,13,16-17,19-23H2,1-5H3,(H,42,49)(H,43,46)/b12-10-/t25-,29-,31+,32+,33?/m1/s1. The maximum absolute atomic E-state index is 14.1. The maximum Gasteiger partial charge on any atom is 0.410 e. The second kappa shape index (κ2) is 17.5. The number of fused-ring (bicyclic) bond motifs is 1. The number of alkyl carbamates (subject to hydrolysis) is 1. The minimum Gasteiger partial charge on any atom is -0.444 e. The molecule has 2 aliphatic carbocycles. The Hall–Kier alpha value is -4.47. The van der Waals surface area contributed by atoms with Crippen LogP contribution in [0.4, 0.5) is 15.3 Å². The number of unbranched alkanes of at least 4 members (excludes halogenated alkanes) is 3. The summed E-state index contributed by atoms with van der Waals surface area (Å²) in [6.45, 7) is 13.3. The highest BCUT2D eigenvalue weighted by molar-refractivity contribution is 7.90. The number of carbonyl (C=O) groups is 5. The van der Waals surface area contributed by atoms with Crippen molar-refractivity contribution in [2.24, 2.45) is 16.8 Å². The molecule has 1 aromatic rings. The summed E-state index contributed by atoms with van der Waals surface area (Å²) >= 11 is 0. The predicted molar refractivity (Wildman–Crippen MR) is 206 cm³/mol. The van der Waals surface area contributed by atoms with Gasteiger partial charge in [0.1, 0.15) is 23.8 Å². The summed E-state index contributed by atoms with van der Waals surface area (Å²) < 4.78 is 37.6. The fourth-order valence-electron chi connectivity index (χ4n) is 7.00. The number of ether oxygens (including phenoxy) is 2. The van der Waals surface area contributed by atoms with E-state index < -0.39 is 69.0 Å². The molecule has 3 fully saturated rings. The Morgan fingerprint density at radius 1 is 1.04 bits per heavy atom. The van der Waals surface area contributed by atoms with Crippen molar-refractivity contribution >= 4 is 52.3 Å². The number of aliphatic imine (C=N–C) groups is 1. The monoisotopic (exact) mass is 784 g/mol. The first-order valence-corrected chi connectivity index (χ1v) is 20.8. The minimum atomic E-state index is -3.55. The Labute approximate surface area is 324 Å². The zero-order valence-corrected chi connectivity index (χ0v) is 33.4. The number of amides is 5. The van der Waals surface area contributed by atoms with Crippen LogP contribution in [0.1, 0.15) is 104 Å². The number of likely N-dealkylation sites (tertiary alicyclic amines) is 1. The van der Waals surface area contributed by atoms with Gasteiger partial charge in [0.25, 0.3) is 5.91 Å². The van der Waals surface area contributed by atoms with Crippen LogP contribution in [0.5, 0.6) is 0 Å². The molecular formula is C39H56N6O9S. The summed E-state index contributed by atoms with van der Waals surface area (Å²) in [4.78, 5) is 72.0. The molecule has 2 aliphatic heterocycles. The Balaban J connectivity index is 1.13. The molecule has 0 radical (unpaired) electrons. The lowest BCUT2D eigenvalue weighted by atomic mass is 10.0. The van der Waals surface area contributed by atoms with Crippen molar-refractivity contribution < 1.29 is 41.9 Å². The smallest absolute Gasteiger partial charge is 0.410 e. The number of anilines is 1. The number of nitrogens with zero attached hydrogens (tertiary/aromatic N) is 3. The third-order valence-electron chi connectivity index (χ3n) is 10.0. The lowest BCUT2D eigenvalue weighted by molar-refractivity contribution is -0.139. The Morgan fingerprint density at radius 2 is 1.76 bits per heavy atom. The van der Waals surface area contributed by atoms with Crippen molar-refractivity contribution in [2.45, 2.75) is 141 Å². The van der Waals surface area contributed by atoms with Crippen LogP contribution >= 0.6 is 0 Å². The molecule has 2 heterocycles. The lowest BCUT2D eigenvalue weighted by Gasteiger charge is -2.28. The molecule has 302 valence electrons. The number of hydrogen-bond acceptors (Lipinski definition) is 10. The fraction of sp³-hybridized carbons (Fsp3) is 0.641. The van der Waals surface area contributed by atoms with Gasteiger partial charge >= 0.3 is 12.2 Å². The van der Waals surface area contributed by atoms with Gasteiger partial charge in [0.15, 0.2) is 0 Å². The molecule has 0 aromatic heterocycles. The number of allylic oxidation sites excluding steroid dienone is 2. The second-order valence-electron chi connectivity index (χ2n) is 16.4. The average Bonchev–Trinajstić information content (AvgIpc) is 4.02. The zero-order chi connectivity index (χ0) is 40.1. The molecule has 5 amide bonds. The summed E-state index contributed by atoms with van der Waals surface area (Å²) in [5.41, 5.74) is 2.19. The molecule has 15 nitrogen and oxygen atoms in total. The van der Waals surface area contributed by atoms with E-state index in [1.807, 2.05) is 30.4 Å². The fourth-order valence-corrected chi connectivity index (χ4v) is 8.36. The quantitative estimate of drug-likeness (QED) is 0.119.